The van der Waals surface area contributed by atoms with Crippen molar-refractivity contribution in [3.05, 3.63) is 24.3 Å². The monoisotopic (exact) mass is 364 g/mol. The summed E-state index contributed by atoms with van der Waals surface area (Å²) in [4.78, 5) is 13.9. The topological polar surface area (TPSA) is 50.8 Å². The summed E-state index contributed by atoms with van der Waals surface area (Å²) in [6.45, 7) is 7.34. The van der Waals surface area contributed by atoms with Gasteiger partial charge < -0.3 is 14.4 Å². The largest absolute Gasteiger partial charge is 0.494 e. The van der Waals surface area contributed by atoms with E-state index < -0.39 is 6.09 Å². The van der Waals surface area contributed by atoms with Crippen molar-refractivity contribution in [3.8, 4) is 5.75 Å². The predicted octanol–water partition coefficient (Wildman–Crippen LogP) is 5.31. The number of amides is 1. The summed E-state index contributed by atoms with van der Waals surface area (Å²) in [5.74, 6) is 0.825. The van der Waals surface area contributed by atoms with E-state index in [-0.39, 0.29) is 5.54 Å². The Balaban J connectivity index is 2.26. The number of nitrogens with one attached hydrogen (secondary N) is 1. The second-order valence-electron chi connectivity index (χ2n) is 7.55. The third kappa shape index (κ3) is 9.09. The molecule has 0 aromatic heterocycles. The lowest BCUT2D eigenvalue weighted by molar-refractivity contribution is 0.0775. The van der Waals surface area contributed by atoms with Crippen LogP contribution in [0.1, 0.15) is 59.3 Å². The zero-order chi connectivity index (χ0) is 19.4. The molecule has 0 saturated heterocycles. The summed E-state index contributed by atoms with van der Waals surface area (Å²) in [5, 5.41) is 2.74. The second kappa shape index (κ2) is 11.8. The van der Waals surface area contributed by atoms with Crippen molar-refractivity contribution in [2.24, 2.45) is 0 Å². The molecule has 0 aliphatic rings. The average molecular weight is 365 g/mol. The lowest BCUT2D eigenvalue weighted by Crippen LogP contribution is -2.43. The number of nitrogens with zero attached hydrogens (tertiary/aromatic N) is 1. The summed E-state index contributed by atoms with van der Waals surface area (Å²) in [6, 6.07) is 7.40. The fourth-order valence-electron chi connectivity index (χ4n) is 2.23. The molecule has 1 amide bonds. The van der Waals surface area contributed by atoms with Gasteiger partial charge in [0.15, 0.2) is 0 Å². The van der Waals surface area contributed by atoms with Crippen LogP contribution in [0.25, 0.3) is 0 Å². The Morgan fingerprint density at radius 3 is 2.27 bits per heavy atom. The highest BCUT2D eigenvalue weighted by Gasteiger charge is 2.22. The molecule has 0 saturated carbocycles. The minimum Gasteiger partial charge on any atom is -0.494 e. The van der Waals surface area contributed by atoms with Crippen molar-refractivity contribution < 1.29 is 14.3 Å². The molecule has 0 spiro atoms. The van der Waals surface area contributed by atoms with E-state index in [0.717, 1.165) is 18.8 Å². The molecule has 0 unspecified atom stereocenters. The predicted molar refractivity (Wildman–Crippen MR) is 108 cm³/mol. The van der Waals surface area contributed by atoms with Gasteiger partial charge in [-0.15, -0.1) is 0 Å². The second-order valence-corrected chi connectivity index (χ2v) is 7.55. The quantitative estimate of drug-likeness (QED) is 0.510. The number of benzene rings is 1. The van der Waals surface area contributed by atoms with Crippen molar-refractivity contribution in [2.75, 3.05) is 32.6 Å². The van der Waals surface area contributed by atoms with E-state index >= 15 is 0 Å². The highest BCUT2D eigenvalue weighted by molar-refractivity contribution is 5.84. The van der Waals surface area contributed by atoms with Crippen LogP contribution in [0.3, 0.4) is 0 Å². The summed E-state index contributed by atoms with van der Waals surface area (Å²) in [6.07, 6.45) is 7.06. The number of hydrogen-bond donors (Lipinski definition) is 1. The molecule has 0 heterocycles. The molecule has 5 heteroatoms. The van der Waals surface area contributed by atoms with E-state index in [1.165, 1.54) is 32.1 Å². The van der Waals surface area contributed by atoms with E-state index in [1.807, 2.05) is 57.1 Å². The highest BCUT2D eigenvalue weighted by Crippen LogP contribution is 2.17. The molecule has 26 heavy (non-hydrogen) atoms. The minimum absolute atomic E-state index is 0.203. The van der Waals surface area contributed by atoms with Crippen LogP contribution in [0.2, 0.25) is 0 Å². The average Bonchev–Trinajstić information content (AvgIpc) is 2.60. The molecule has 0 fully saturated rings. The van der Waals surface area contributed by atoms with Crippen molar-refractivity contribution >= 4 is 11.8 Å². The Labute approximate surface area is 159 Å². The molecule has 0 aliphatic heterocycles. The van der Waals surface area contributed by atoms with Gasteiger partial charge in [0.2, 0.25) is 0 Å². The third-order valence-electron chi connectivity index (χ3n) is 4.63. The lowest BCUT2D eigenvalue weighted by Gasteiger charge is -2.31. The van der Waals surface area contributed by atoms with Gasteiger partial charge in [0, 0.05) is 11.2 Å². The fraction of sp³-hybridized carbons (Fsp3) is 0.667. The number of carbonyl (C=O) groups excluding carboxylic acids is 1. The Hall–Kier alpha value is -1.75. The van der Waals surface area contributed by atoms with Crippen LogP contribution >= 0.6 is 0 Å². The fourth-order valence-corrected chi connectivity index (χ4v) is 2.23. The van der Waals surface area contributed by atoms with Crippen LogP contribution in [0.4, 0.5) is 10.5 Å². The van der Waals surface area contributed by atoms with Crippen LogP contribution in [0, 0.1) is 0 Å². The van der Waals surface area contributed by atoms with Crippen molar-refractivity contribution in [2.45, 2.75) is 64.8 Å². The van der Waals surface area contributed by atoms with E-state index in [1.54, 1.807) is 0 Å². The maximum absolute atomic E-state index is 11.9. The SMILES string of the molecule is CCCCCCCCOc1ccc(NC(=O)OCC(C)(C)N(C)C)cc1. The van der Waals surface area contributed by atoms with Crippen LogP contribution < -0.4 is 10.1 Å². The molecule has 1 rings (SSSR count). The molecule has 1 N–H and O–H groups in total. The summed E-state index contributed by atoms with van der Waals surface area (Å²) in [5.41, 5.74) is 0.496. The Morgan fingerprint density at radius 1 is 1.04 bits per heavy atom. The first kappa shape index (κ1) is 22.3. The van der Waals surface area contributed by atoms with Crippen LogP contribution in [-0.4, -0.2) is 43.8 Å². The Morgan fingerprint density at radius 2 is 1.65 bits per heavy atom. The van der Waals surface area contributed by atoms with Gasteiger partial charge in [-0.3, -0.25) is 5.32 Å². The van der Waals surface area contributed by atoms with Gasteiger partial charge in [-0.25, -0.2) is 4.79 Å². The summed E-state index contributed by atoms with van der Waals surface area (Å²) >= 11 is 0. The number of unbranched alkanes of at least 4 members (excludes halogenated alkanes) is 5. The van der Waals surface area contributed by atoms with Crippen molar-refractivity contribution in [1.82, 2.24) is 4.90 Å². The van der Waals surface area contributed by atoms with Crippen LogP contribution in [-0.2, 0) is 4.74 Å². The van der Waals surface area contributed by atoms with Gasteiger partial charge in [-0.05, 0) is 58.6 Å². The Bertz CT molecular complexity index is 512. The first-order valence-electron chi connectivity index (χ1n) is 9.69. The number of carbonyl (C=O) groups is 1. The summed E-state index contributed by atoms with van der Waals surface area (Å²) in [7, 11) is 3.93. The smallest absolute Gasteiger partial charge is 0.411 e. The third-order valence-corrected chi connectivity index (χ3v) is 4.63. The van der Waals surface area contributed by atoms with Crippen molar-refractivity contribution in [1.29, 1.82) is 0 Å². The van der Waals surface area contributed by atoms with Gasteiger partial charge in [-0.1, -0.05) is 39.0 Å². The first-order chi connectivity index (χ1) is 12.3. The summed E-state index contributed by atoms with van der Waals surface area (Å²) < 4.78 is 11.0. The van der Waals surface area contributed by atoms with Gasteiger partial charge in [-0.2, -0.15) is 0 Å². The number of anilines is 1. The molecule has 5 nitrogen and oxygen atoms in total. The minimum atomic E-state index is -0.444. The normalized spacial score (nSPS) is 11.5. The first-order valence-corrected chi connectivity index (χ1v) is 9.69. The molecular formula is C21H36N2O3. The number of rotatable bonds is 12. The molecule has 1 aromatic carbocycles. The molecule has 148 valence electrons. The van der Waals surface area contributed by atoms with E-state index in [0.29, 0.717) is 12.3 Å². The molecule has 0 atom stereocenters. The zero-order valence-electron chi connectivity index (χ0n) is 17.1. The molecular weight excluding hydrogens is 328 g/mol. The zero-order valence-corrected chi connectivity index (χ0v) is 17.1. The van der Waals surface area contributed by atoms with Crippen molar-refractivity contribution in [3.63, 3.8) is 0 Å². The lowest BCUT2D eigenvalue weighted by atomic mass is 10.1. The molecule has 0 bridgehead atoms. The Kier molecular flexibility index (Phi) is 10.1. The maximum atomic E-state index is 11.9. The molecule has 0 radical (unpaired) electrons. The number of ether oxygens (including phenoxy) is 2. The van der Waals surface area contributed by atoms with Gasteiger partial charge >= 0.3 is 6.09 Å². The molecule has 1 aromatic rings. The van der Waals surface area contributed by atoms with E-state index in [9.17, 15) is 4.79 Å². The van der Waals surface area contributed by atoms with Gasteiger partial charge in [0.05, 0.1) is 6.61 Å². The standard InChI is InChI=1S/C21H36N2O3/c1-6-7-8-9-10-11-16-25-19-14-12-18(13-15-19)22-20(24)26-17-21(2,3)23(4)5/h12-15H,6-11,16-17H2,1-5H3,(H,22,24). The number of likely N-dealkylation sites (N-methyl/N-ethyl adjacent to an activating group) is 1. The maximum Gasteiger partial charge on any atom is 0.411 e. The van der Waals surface area contributed by atoms with Crippen LogP contribution in [0.15, 0.2) is 24.3 Å². The highest BCUT2D eigenvalue weighted by atomic mass is 16.5. The van der Waals surface area contributed by atoms with E-state index in [2.05, 4.69) is 12.2 Å². The van der Waals surface area contributed by atoms with Gasteiger partial charge in [0.1, 0.15) is 12.4 Å². The number of hydrogen-bond acceptors (Lipinski definition) is 4. The molecule has 0 aliphatic carbocycles. The van der Waals surface area contributed by atoms with E-state index in [4.69, 9.17) is 9.47 Å². The van der Waals surface area contributed by atoms with Crippen LogP contribution in [0.5, 0.6) is 5.75 Å². The van der Waals surface area contributed by atoms with Gasteiger partial charge in [0.25, 0.3) is 0 Å².